The van der Waals surface area contributed by atoms with Gasteiger partial charge in [-0.25, -0.2) is 0 Å². The van der Waals surface area contributed by atoms with Crippen LogP contribution in [0.15, 0.2) is 0 Å². The predicted octanol–water partition coefficient (Wildman–Crippen LogP) is 1.20. The number of carbonyl (C=O) groups excluding carboxylic acids is 2. The lowest BCUT2D eigenvalue weighted by molar-refractivity contribution is -0.156. The highest BCUT2D eigenvalue weighted by atomic mass is 16.6. The topological polar surface area (TPSA) is 46.6 Å². The Labute approximate surface area is 85.2 Å². The quantitative estimate of drug-likeness (QED) is 0.644. The van der Waals surface area contributed by atoms with Gasteiger partial charge in [-0.3, -0.25) is 9.59 Å². The minimum absolute atomic E-state index is 0.0594. The molecular weight excluding hydrogens is 182 g/mol. The Balaban J connectivity index is 3.81. The SMILES string of the molecule is CN(C)C(=O)CCC(=O)OC(C)(C)C. The van der Waals surface area contributed by atoms with E-state index in [0.29, 0.717) is 0 Å². The second-order valence-electron chi connectivity index (χ2n) is 4.37. The molecule has 0 rings (SSSR count). The van der Waals surface area contributed by atoms with Crippen LogP contribution in [0.1, 0.15) is 33.6 Å². The molecule has 4 nitrogen and oxygen atoms in total. The van der Waals surface area contributed by atoms with Crippen molar-refractivity contribution in [3.05, 3.63) is 0 Å². The summed E-state index contributed by atoms with van der Waals surface area (Å²) >= 11 is 0. The minimum atomic E-state index is -0.474. The molecule has 0 bridgehead atoms. The Kier molecular flexibility index (Phi) is 4.60. The van der Waals surface area contributed by atoms with Gasteiger partial charge in [-0.2, -0.15) is 0 Å². The largest absolute Gasteiger partial charge is 0.460 e. The summed E-state index contributed by atoms with van der Waals surface area (Å²) in [6.07, 6.45) is 0.357. The Morgan fingerprint density at radius 1 is 1.14 bits per heavy atom. The third-order valence-corrected chi connectivity index (χ3v) is 1.46. The smallest absolute Gasteiger partial charge is 0.306 e. The Morgan fingerprint density at radius 2 is 1.64 bits per heavy atom. The standard InChI is InChI=1S/C10H19NO3/c1-10(2,3)14-9(13)7-6-8(12)11(4)5/h6-7H2,1-5H3. The van der Waals surface area contributed by atoms with Gasteiger partial charge in [0.1, 0.15) is 5.60 Å². The first-order chi connectivity index (χ1) is 6.22. The first kappa shape index (κ1) is 12.9. The van der Waals surface area contributed by atoms with E-state index in [1.807, 2.05) is 0 Å². The molecule has 0 aromatic rings. The lowest BCUT2D eigenvalue weighted by Crippen LogP contribution is -2.26. The summed E-state index contributed by atoms with van der Waals surface area (Å²) in [5, 5.41) is 0. The van der Waals surface area contributed by atoms with Crippen molar-refractivity contribution in [3.8, 4) is 0 Å². The van der Waals surface area contributed by atoms with Gasteiger partial charge in [0.05, 0.1) is 6.42 Å². The van der Waals surface area contributed by atoms with Crippen LogP contribution in [-0.4, -0.2) is 36.5 Å². The number of rotatable bonds is 3. The second kappa shape index (κ2) is 4.98. The molecule has 82 valence electrons. The van der Waals surface area contributed by atoms with Gasteiger partial charge in [-0.15, -0.1) is 0 Å². The van der Waals surface area contributed by atoms with E-state index in [-0.39, 0.29) is 24.7 Å². The molecule has 0 N–H and O–H groups in total. The van der Waals surface area contributed by atoms with Gasteiger partial charge in [-0.05, 0) is 20.8 Å². The van der Waals surface area contributed by atoms with Crippen LogP contribution in [0.5, 0.6) is 0 Å². The normalized spacial score (nSPS) is 10.9. The third kappa shape index (κ3) is 6.46. The van der Waals surface area contributed by atoms with Gasteiger partial charge >= 0.3 is 5.97 Å². The van der Waals surface area contributed by atoms with Crippen molar-refractivity contribution in [2.24, 2.45) is 0 Å². The van der Waals surface area contributed by atoms with Crippen LogP contribution in [0.25, 0.3) is 0 Å². The number of ether oxygens (including phenoxy) is 1. The molecule has 0 saturated carbocycles. The summed E-state index contributed by atoms with van der Waals surface area (Å²) in [6, 6.07) is 0. The average molecular weight is 201 g/mol. The average Bonchev–Trinajstić information content (AvgIpc) is 1.96. The van der Waals surface area contributed by atoms with E-state index in [2.05, 4.69) is 0 Å². The van der Waals surface area contributed by atoms with Gasteiger partial charge in [0, 0.05) is 20.5 Å². The summed E-state index contributed by atoms with van der Waals surface area (Å²) in [4.78, 5) is 23.8. The van der Waals surface area contributed by atoms with E-state index >= 15 is 0 Å². The molecule has 0 aliphatic rings. The fraction of sp³-hybridized carbons (Fsp3) is 0.800. The Bertz CT molecular complexity index is 216. The monoisotopic (exact) mass is 201 g/mol. The van der Waals surface area contributed by atoms with Crippen LogP contribution in [0.3, 0.4) is 0 Å². The maximum atomic E-state index is 11.2. The van der Waals surface area contributed by atoms with Gasteiger partial charge in [0.2, 0.25) is 5.91 Å². The van der Waals surface area contributed by atoms with E-state index in [0.717, 1.165) is 0 Å². The Hall–Kier alpha value is -1.06. The summed E-state index contributed by atoms with van der Waals surface area (Å²) in [5.74, 6) is -0.386. The Morgan fingerprint density at radius 3 is 2.00 bits per heavy atom. The van der Waals surface area contributed by atoms with Crippen molar-refractivity contribution in [3.63, 3.8) is 0 Å². The number of carbonyl (C=O) groups is 2. The molecule has 14 heavy (non-hydrogen) atoms. The van der Waals surface area contributed by atoms with Crippen LogP contribution in [0.4, 0.5) is 0 Å². The molecule has 0 atom stereocenters. The van der Waals surface area contributed by atoms with Crippen molar-refractivity contribution >= 4 is 11.9 Å². The molecule has 4 heteroatoms. The molecular formula is C10H19NO3. The lowest BCUT2D eigenvalue weighted by Gasteiger charge is -2.19. The van der Waals surface area contributed by atoms with E-state index in [1.54, 1.807) is 34.9 Å². The molecule has 0 fully saturated rings. The van der Waals surface area contributed by atoms with Crippen molar-refractivity contribution in [2.75, 3.05) is 14.1 Å². The van der Waals surface area contributed by atoms with Gasteiger partial charge in [0.15, 0.2) is 0 Å². The third-order valence-electron chi connectivity index (χ3n) is 1.46. The zero-order valence-corrected chi connectivity index (χ0v) is 9.59. The molecule has 0 aromatic heterocycles. The molecule has 0 unspecified atom stereocenters. The molecule has 1 amide bonds. The van der Waals surface area contributed by atoms with E-state index in [4.69, 9.17) is 4.74 Å². The fourth-order valence-corrected chi connectivity index (χ4v) is 0.825. The molecule has 0 aromatic carbocycles. The van der Waals surface area contributed by atoms with Crippen LogP contribution < -0.4 is 0 Å². The van der Waals surface area contributed by atoms with Crippen LogP contribution in [0.2, 0.25) is 0 Å². The summed E-state index contributed by atoms with van der Waals surface area (Å²) < 4.78 is 5.06. The van der Waals surface area contributed by atoms with Crippen molar-refractivity contribution in [1.82, 2.24) is 4.90 Å². The van der Waals surface area contributed by atoms with Crippen LogP contribution in [-0.2, 0) is 14.3 Å². The van der Waals surface area contributed by atoms with Gasteiger partial charge in [0.25, 0.3) is 0 Å². The highest BCUT2D eigenvalue weighted by Gasteiger charge is 2.17. The molecule has 0 spiro atoms. The molecule has 0 aliphatic heterocycles. The fourth-order valence-electron chi connectivity index (χ4n) is 0.825. The highest BCUT2D eigenvalue weighted by Crippen LogP contribution is 2.09. The molecule has 0 aliphatic carbocycles. The molecule has 0 saturated heterocycles. The number of amides is 1. The van der Waals surface area contributed by atoms with Crippen LogP contribution >= 0.6 is 0 Å². The zero-order chi connectivity index (χ0) is 11.4. The van der Waals surface area contributed by atoms with Gasteiger partial charge < -0.3 is 9.64 Å². The van der Waals surface area contributed by atoms with Gasteiger partial charge in [-0.1, -0.05) is 0 Å². The maximum absolute atomic E-state index is 11.2. The molecule has 0 heterocycles. The number of esters is 1. The summed E-state index contributed by atoms with van der Waals surface area (Å²) in [5.41, 5.74) is -0.474. The van der Waals surface area contributed by atoms with Crippen molar-refractivity contribution in [1.29, 1.82) is 0 Å². The highest BCUT2D eigenvalue weighted by molar-refractivity contribution is 5.81. The second-order valence-corrected chi connectivity index (χ2v) is 4.37. The van der Waals surface area contributed by atoms with E-state index < -0.39 is 5.60 Å². The van der Waals surface area contributed by atoms with Crippen molar-refractivity contribution in [2.45, 2.75) is 39.2 Å². The molecule has 0 radical (unpaired) electrons. The van der Waals surface area contributed by atoms with Crippen LogP contribution in [0, 0.1) is 0 Å². The summed E-state index contributed by atoms with van der Waals surface area (Å²) in [6.45, 7) is 5.41. The predicted molar refractivity (Wildman–Crippen MR) is 53.8 cm³/mol. The maximum Gasteiger partial charge on any atom is 0.306 e. The van der Waals surface area contributed by atoms with Crippen molar-refractivity contribution < 1.29 is 14.3 Å². The summed E-state index contributed by atoms with van der Waals surface area (Å²) in [7, 11) is 3.33. The van der Waals surface area contributed by atoms with E-state index in [9.17, 15) is 9.59 Å². The number of nitrogens with zero attached hydrogens (tertiary/aromatic N) is 1. The number of hydrogen-bond donors (Lipinski definition) is 0. The zero-order valence-electron chi connectivity index (χ0n) is 9.59. The lowest BCUT2D eigenvalue weighted by atomic mass is 10.2. The minimum Gasteiger partial charge on any atom is -0.460 e. The first-order valence-electron chi connectivity index (χ1n) is 4.64. The first-order valence-corrected chi connectivity index (χ1v) is 4.64. The number of hydrogen-bond acceptors (Lipinski definition) is 3. The van der Waals surface area contributed by atoms with E-state index in [1.165, 1.54) is 4.90 Å².